The zero-order valence-corrected chi connectivity index (χ0v) is 15.8. The second-order valence-corrected chi connectivity index (χ2v) is 7.20. The second-order valence-electron chi connectivity index (χ2n) is 7.20. The molecule has 1 aromatic carbocycles. The molecule has 4 nitrogen and oxygen atoms in total. The van der Waals surface area contributed by atoms with Gasteiger partial charge in [0.15, 0.2) is 0 Å². The van der Waals surface area contributed by atoms with Gasteiger partial charge in [-0.05, 0) is 39.8 Å². The van der Waals surface area contributed by atoms with Gasteiger partial charge in [0.25, 0.3) is 0 Å². The van der Waals surface area contributed by atoms with Crippen LogP contribution in [0.2, 0.25) is 0 Å². The van der Waals surface area contributed by atoms with Crippen molar-refractivity contribution in [2.75, 3.05) is 31.1 Å². The zero-order chi connectivity index (χ0) is 17.5. The lowest BCUT2D eigenvalue weighted by Crippen LogP contribution is -3.11. The van der Waals surface area contributed by atoms with Crippen LogP contribution < -0.4 is 15.1 Å². The van der Waals surface area contributed by atoms with Crippen molar-refractivity contribution in [1.29, 1.82) is 0 Å². The molecule has 0 aliphatic carbocycles. The predicted octanol–water partition coefficient (Wildman–Crippen LogP) is 1.85. The molecule has 1 saturated heterocycles. The Morgan fingerprint density at radius 3 is 2.25 bits per heavy atom. The molecule has 0 unspecified atom stereocenters. The molecule has 0 atom stereocenters. The average Bonchev–Trinajstić information content (AvgIpc) is 2.57. The molecule has 4 heteroatoms. The van der Waals surface area contributed by atoms with Crippen molar-refractivity contribution in [3.63, 3.8) is 0 Å². The Balaban J connectivity index is 1.82. The first-order chi connectivity index (χ1) is 11.5. The summed E-state index contributed by atoms with van der Waals surface area (Å²) in [6, 6.07) is 9.25. The maximum absolute atomic E-state index is 12.1. The van der Waals surface area contributed by atoms with E-state index in [1.807, 2.05) is 13.8 Å². The van der Waals surface area contributed by atoms with Crippen molar-refractivity contribution in [3.8, 4) is 0 Å². The van der Waals surface area contributed by atoms with Crippen molar-refractivity contribution in [2.24, 2.45) is 5.92 Å². The summed E-state index contributed by atoms with van der Waals surface area (Å²) >= 11 is 0. The molecular weight excluding hydrogens is 298 g/mol. The summed E-state index contributed by atoms with van der Waals surface area (Å²) in [6.07, 6.45) is 2.01. The third-order valence-corrected chi connectivity index (χ3v) is 5.01. The molecule has 2 N–H and O–H groups in total. The summed E-state index contributed by atoms with van der Waals surface area (Å²) in [5, 5.41) is 3.05. The number of nitrogens with zero attached hydrogens (tertiary/aromatic N) is 1. The Bertz CT molecular complexity index is 500. The maximum Gasteiger partial charge on any atom is 0.223 e. The van der Waals surface area contributed by atoms with Crippen LogP contribution in [0.25, 0.3) is 0 Å². The van der Waals surface area contributed by atoms with Crippen LogP contribution in [0.15, 0.2) is 24.3 Å². The fraction of sp³-hybridized carbons (Fsp3) is 0.650. The van der Waals surface area contributed by atoms with E-state index >= 15 is 0 Å². The van der Waals surface area contributed by atoms with Gasteiger partial charge < -0.3 is 15.1 Å². The summed E-state index contributed by atoms with van der Waals surface area (Å²) in [5.41, 5.74) is 2.70. The molecule has 1 amide bonds. The number of benzene rings is 1. The Hall–Kier alpha value is -1.55. The van der Waals surface area contributed by atoms with Gasteiger partial charge in [0.05, 0.1) is 13.1 Å². The number of rotatable bonds is 7. The zero-order valence-electron chi connectivity index (χ0n) is 15.8. The lowest BCUT2D eigenvalue weighted by Gasteiger charge is -2.29. The van der Waals surface area contributed by atoms with E-state index in [1.54, 1.807) is 4.90 Å². The van der Waals surface area contributed by atoms with Crippen LogP contribution in [-0.4, -0.2) is 38.1 Å². The average molecular weight is 333 g/mol. The Labute approximate surface area is 147 Å². The number of quaternary nitrogens is 1. The van der Waals surface area contributed by atoms with Gasteiger partial charge in [0, 0.05) is 49.1 Å². The maximum atomic E-state index is 12.1. The number of likely N-dealkylation sites (tertiary alicyclic amines) is 1. The molecule has 0 bridgehead atoms. The number of anilines is 1. The summed E-state index contributed by atoms with van der Waals surface area (Å²) < 4.78 is 0. The van der Waals surface area contributed by atoms with Crippen molar-refractivity contribution >= 4 is 11.6 Å². The molecule has 1 aliphatic heterocycles. The van der Waals surface area contributed by atoms with E-state index < -0.39 is 0 Å². The minimum absolute atomic E-state index is 0.209. The highest BCUT2D eigenvalue weighted by atomic mass is 16.1. The number of piperidine rings is 1. The van der Waals surface area contributed by atoms with E-state index in [9.17, 15) is 4.79 Å². The lowest BCUT2D eigenvalue weighted by atomic mass is 9.95. The summed E-state index contributed by atoms with van der Waals surface area (Å²) in [6.45, 7) is 13.8. The number of hydrogen-bond donors (Lipinski definition) is 2. The topological polar surface area (TPSA) is 36.8 Å². The van der Waals surface area contributed by atoms with E-state index in [1.165, 1.54) is 11.3 Å². The molecule has 1 fully saturated rings. The van der Waals surface area contributed by atoms with E-state index in [-0.39, 0.29) is 17.9 Å². The number of carbonyl (C=O) groups excluding carboxylic acids is 1. The Kier molecular flexibility index (Phi) is 7.10. The van der Waals surface area contributed by atoms with Gasteiger partial charge in [-0.15, -0.1) is 0 Å². The molecule has 0 saturated carbocycles. The van der Waals surface area contributed by atoms with Crippen molar-refractivity contribution in [2.45, 2.75) is 53.1 Å². The smallest absolute Gasteiger partial charge is 0.223 e. The van der Waals surface area contributed by atoms with E-state index in [2.05, 4.69) is 48.3 Å². The van der Waals surface area contributed by atoms with Crippen LogP contribution in [0, 0.1) is 5.92 Å². The monoisotopic (exact) mass is 332 g/mol. The van der Waals surface area contributed by atoms with Crippen LogP contribution in [0.5, 0.6) is 0 Å². The van der Waals surface area contributed by atoms with Gasteiger partial charge in [-0.25, -0.2) is 0 Å². The fourth-order valence-corrected chi connectivity index (χ4v) is 3.57. The van der Waals surface area contributed by atoms with Crippen molar-refractivity contribution < 1.29 is 9.69 Å². The van der Waals surface area contributed by atoms with E-state index in [4.69, 9.17) is 0 Å². The molecule has 24 heavy (non-hydrogen) atoms. The number of amides is 1. The SMILES string of the molecule is CCN(CC)c1ccc(C[NH+]2CCC(C(=O)NC(C)C)CC2)cc1. The molecular formula is C20H34N3O+. The normalized spacial score (nSPS) is 20.9. The third kappa shape index (κ3) is 5.23. The predicted molar refractivity (Wildman–Crippen MR) is 100 cm³/mol. The van der Waals surface area contributed by atoms with Crippen LogP contribution in [0.1, 0.15) is 46.1 Å². The largest absolute Gasteiger partial charge is 0.372 e. The first kappa shape index (κ1) is 18.8. The summed E-state index contributed by atoms with van der Waals surface area (Å²) in [4.78, 5) is 16.1. The van der Waals surface area contributed by atoms with Gasteiger partial charge in [-0.3, -0.25) is 4.79 Å². The second kappa shape index (κ2) is 9.07. The molecule has 1 heterocycles. The number of nitrogens with one attached hydrogen (secondary N) is 2. The van der Waals surface area contributed by atoms with E-state index in [0.717, 1.165) is 45.6 Å². The van der Waals surface area contributed by atoms with Crippen molar-refractivity contribution in [3.05, 3.63) is 29.8 Å². The molecule has 0 radical (unpaired) electrons. The minimum atomic E-state index is 0.209. The molecule has 0 spiro atoms. The molecule has 1 aromatic rings. The van der Waals surface area contributed by atoms with Gasteiger partial charge in [0.1, 0.15) is 6.54 Å². The Morgan fingerprint density at radius 1 is 1.17 bits per heavy atom. The molecule has 1 aliphatic rings. The van der Waals surface area contributed by atoms with Gasteiger partial charge in [-0.1, -0.05) is 12.1 Å². The highest BCUT2D eigenvalue weighted by molar-refractivity contribution is 5.78. The number of hydrogen-bond acceptors (Lipinski definition) is 2. The lowest BCUT2D eigenvalue weighted by molar-refractivity contribution is -0.919. The first-order valence-electron chi connectivity index (χ1n) is 9.51. The molecule has 0 aromatic heterocycles. The van der Waals surface area contributed by atoms with E-state index in [0.29, 0.717) is 0 Å². The third-order valence-electron chi connectivity index (χ3n) is 5.01. The molecule has 134 valence electrons. The van der Waals surface area contributed by atoms with Crippen LogP contribution in [-0.2, 0) is 11.3 Å². The van der Waals surface area contributed by atoms with Gasteiger partial charge in [-0.2, -0.15) is 0 Å². The summed E-state index contributed by atoms with van der Waals surface area (Å²) in [5.74, 6) is 0.453. The Morgan fingerprint density at radius 2 is 1.75 bits per heavy atom. The first-order valence-corrected chi connectivity index (χ1v) is 9.51. The fourth-order valence-electron chi connectivity index (χ4n) is 3.57. The van der Waals surface area contributed by atoms with Crippen LogP contribution in [0.3, 0.4) is 0 Å². The van der Waals surface area contributed by atoms with Crippen LogP contribution in [0.4, 0.5) is 5.69 Å². The minimum Gasteiger partial charge on any atom is -0.372 e. The standard InChI is InChI=1S/C20H33N3O/c1-5-23(6-2)19-9-7-17(8-10-19)15-22-13-11-18(12-14-22)20(24)21-16(3)4/h7-10,16,18H,5-6,11-15H2,1-4H3,(H,21,24)/p+1. The van der Waals surface area contributed by atoms with Crippen molar-refractivity contribution in [1.82, 2.24) is 5.32 Å². The molecule has 2 rings (SSSR count). The highest BCUT2D eigenvalue weighted by Crippen LogP contribution is 2.15. The van der Waals surface area contributed by atoms with Gasteiger partial charge >= 0.3 is 0 Å². The number of carbonyl (C=O) groups is 1. The quantitative estimate of drug-likeness (QED) is 0.800. The highest BCUT2D eigenvalue weighted by Gasteiger charge is 2.27. The summed E-state index contributed by atoms with van der Waals surface area (Å²) in [7, 11) is 0. The van der Waals surface area contributed by atoms with Crippen LogP contribution >= 0.6 is 0 Å². The van der Waals surface area contributed by atoms with Gasteiger partial charge in [0.2, 0.25) is 5.91 Å².